The van der Waals surface area contributed by atoms with E-state index in [2.05, 4.69) is 0 Å². The largest absolute Gasteiger partial charge is 0.381 e. The fraction of sp³-hybridized carbons (Fsp3) is 0.533. The summed E-state index contributed by atoms with van der Waals surface area (Å²) in [4.78, 5) is 0.215. The summed E-state index contributed by atoms with van der Waals surface area (Å²) in [5.41, 5.74) is 0.371. The molecule has 1 saturated carbocycles. The van der Waals surface area contributed by atoms with E-state index in [1.54, 1.807) is 22.5 Å². The Bertz CT molecular complexity index is 656. The topological polar surface area (TPSA) is 70.4 Å². The number of hydrogen-bond acceptors (Lipinski definition) is 4. The van der Waals surface area contributed by atoms with E-state index in [4.69, 9.17) is 10.00 Å². The molecule has 2 aliphatic rings. The Morgan fingerprint density at radius 1 is 1.33 bits per heavy atom. The van der Waals surface area contributed by atoms with E-state index in [0.717, 1.165) is 19.3 Å². The number of rotatable bonds is 5. The Kier molecular flexibility index (Phi) is 3.98. The summed E-state index contributed by atoms with van der Waals surface area (Å²) in [6.45, 7) is 1.87. The molecular weight excluding hydrogens is 288 g/mol. The Morgan fingerprint density at radius 2 is 2.14 bits per heavy atom. The highest BCUT2D eigenvalue weighted by Gasteiger charge is 2.39. The first kappa shape index (κ1) is 14.5. The number of hydrogen-bond donors (Lipinski definition) is 0. The number of nitrogens with zero attached hydrogens (tertiary/aromatic N) is 2. The maximum Gasteiger partial charge on any atom is 0.243 e. The van der Waals surface area contributed by atoms with Crippen LogP contribution in [0.4, 0.5) is 0 Å². The second-order valence-corrected chi connectivity index (χ2v) is 7.57. The Balaban J connectivity index is 1.87. The molecule has 112 valence electrons. The molecule has 2 fully saturated rings. The molecule has 0 spiro atoms. The van der Waals surface area contributed by atoms with E-state index in [-0.39, 0.29) is 16.9 Å². The van der Waals surface area contributed by atoms with Gasteiger partial charge in [-0.2, -0.15) is 9.57 Å². The first-order chi connectivity index (χ1) is 10.1. The SMILES string of the molecule is N#Cc1cccc(S(=O)(=O)N(CC2CCOC2)C2CC2)c1. The maximum atomic E-state index is 12.8. The van der Waals surface area contributed by atoms with Crippen molar-refractivity contribution in [2.24, 2.45) is 5.92 Å². The number of ether oxygens (including phenoxy) is 1. The second kappa shape index (κ2) is 5.76. The molecule has 1 saturated heterocycles. The highest BCUT2D eigenvalue weighted by atomic mass is 32.2. The van der Waals surface area contributed by atoms with Gasteiger partial charge < -0.3 is 4.74 Å². The highest BCUT2D eigenvalue weighted by Crippen LogP contribution is 2.33. The van der Waals surface area contributed by atoms with Crippen LogP contribution in [-0.2, 0) is 14.8 Å². The van der Waals surface area contributed by atoms with Crippen molar-refractivity contribution >= 4 is 10.0 Å². The van der Waals surface area contributed by atoms with Crippen LogP contribution in [0.5, 0.6) is 0 Å². The Labute approximate surface area is 125 Å². The molecule has 0 bridgehead atoms. The van der Waals surface area contributed by atoms with Crippen molar-refractivity contribution in [2.45, 2.75) is 30.2 Å². The molecular formula is C15H18N2O3S. The van der Waals surface area contributed by atoms with Crippen LogP contribution < -0.4 is 0 Å². The molecule has 0 radical (unpaired) electrons. The molecule has 1 unspecified atom stereocenters. The van der Waals surface area contributed by atoms with Gasteiger partial charge in [-0.15, -0.1) is 0 Å². The lowest BCUT2D eigenvalue weighted by atomic mass is 10.1. The van der Waals surface area contributed by atoms with Crippen molar-refractivity contribution in [3.05, 3.63) is 29.8 Å². The summed E-state index contributed by atoms with van der Waals surface area (Å²) in [6, 6.07) is 8.36. The Morgan fingerprint density at radius 3 is 2.76 bits per heavy atom. The normalized spacial score (nSPS) is 22.4. The van der Waals surface area contributed by atoms with Gasteiger partial charge in [-0.25, -0.2) is 8.42 Å². The van der Waals surface area contributed by atoms with Gasteiger partial charge in [-0.3, -0.25) is 0 Å². The van der Waals surface area contributed by atoms with Crippen LogP contribution in [0.3, 0.4) is 0 Å². The van der Waals surface area contributed by atoms with Crippen molar-refractivity contribution in [3.63, 3.8) is 0 Å². The zero-order chi connectivity index (χ0) is 14.9. The molecule has 0 N–H and O–H groups in total. The van der Waals surface area contributed by atoms with Gasteiger partial charge in [0.25, 0.3) is 0 Å². The molecule has 0 aromatic heterocycles. The van der Waals surface area contributed by atoms with Crippen molar-refractivity contribution in [1.82, 2.24) is 4.31 Å². The zero-order valence-corrected chi connectivity index (χ0v) is 12.6. The smallest absolute Gasteiger partial charge is 0.243 e. The lowest BCUT2D eigenvalue weighted by Crippen LogP contribution is -2.37. The van der Waals surface area contributed by atoms with Crippen molar-refractivity contribution < 1.29 is 13.2 Å². The highest BCUT2D eigenvalue weighted by molar-refractivity contribution is 7.89. The average Bonchev–Trinajstić information content (AvgIpc) is 3.20. The first-order valence-corrected chi connectivity index (χ1v) is 8.65. The van der Waals surface area contributed by atoms with E-state index >= 15 is 0 Å². The van der Waals surface area contributed by atoms with E-state index in [1.165, 1.54) is 6.07 Å². The van der Waals surface area contributed by atoms with E-state index in [1.807, 2.05) is 6.07 Å². The summed E-state index contributed by atoms with van der Waals surface area (Å²) in [6.07, 6.45) is 2.76. The molecule has 5 nitrogen and oxygen atoms in total. The summed E-state index contributed by atoms with van der Waals surface area (Å²) < 4.78 is 32.7. The van der Waals surface area contributed by atoms with E-state index in [9.17, 15) is 8.42 Å². The molecule has 0 amide bonds. The van der Waals surface area contributed by atoms with Crippen molar-refractivity contribution in [1.29, 1.82) is 5.26 Å². The van der Waals surface area contributed by atoms with Gasteiger partial charge in [0.05, 0.1) is 23.1 Å². The second-order valence-electron chi connectivity index (χ2n) is 5.68. The quantitative estimate of drug-likeness (QED) is 0.831. The molecule has 1 aliphatic heterocycles. The van der Waals surface area contributed by atoms with Crippen LogP contribution in [0.25, 0.3) is 0 Å². The van der Waals surface area contributed by atoms with Gasteiger partial charge in [-0.05, 0) is 43.4 Å². The number of nitriles is 1. The monoisotopic (exact) mass is 306 g/mol. The minimum atomic E-state index is -3.53. The predicted octanol–water partition coefficient (Wildman–Crippen LogP) is 1.75. The molecule has 21 heavy (non-hydrogen) atoms. The fourth-order valence-corrected chi connectivity index (χ4v) is 4.46. The zero-order valence-electron chi connectivity index (χ0n) is 11.7. The van der Waals surface area contributed by atoms with Gasteiger partial charge >= 0.3 is 0 Å². The Hall–Kier alpha value is -1.42. The third-order valence-electron chi connectivity index (χ3n) is 3.99. The van der Waals surface area contributed by atoms with Gasteiger partial charge in [0.15, 0.2) is 0 Å². The van der Waals surface area contributed by atoms with Crippen LogP contribution in [0.1, 0.15) is 24.8 Å². The molecule has 1 aliphatic carbocycles. The molecule has 1 aromatic carbocycles. The summed E-state index contributed by atoms with van der Waals surface area (Å²) >= 11 is 0. The minimum absolute atomic E-state index is 0.112. The summed E-state index contributed by atoms with van der Waals surface area (Å²) in [5, 5.41) is 8.94. The predicted molar refractivity (Wildman–Crippen MR) is 77.0 cm³/mol. The third-order valence-corrected chi connectivity index (χ3v) is 5.90. The molecule has 1 atom stereocenters. The van der Waals surface area contributed by atoms with Gasteiger partial charge in [0.1, 0.15) is 0 Å². The van der Waals surface area contributed by atoms with Crippen LogP contribution in [0, 0.1) is 17.2 Å². The molecule has 3 rings (SSSR count). The minimum Gasteiger partial charge on any atom is -0.381 e. The van der Waals surface area contributed by atoms with Crippen LogP contribution in [-0.4, -0.2) is 38.5 Å². The van der Waals surface area contributed by atoms with Crippen LogP contribution in [0.2, 0.25) is 0 Å². The van der Waals surface area contributed by atoms with E-state index < -0.39 is 10.0 Å². The van der Waals surface area contributed by atoms with Crippen molar-refractivity contribution in [3.8, 4) is 6.07 Å². The standard InChI is InChI=1S/C15H18N2O3S/c16-9-12-2-1-3-15(8-12)21(18,19)17(14-4-5-14)10-13-6-7-20-11-13/h1-3,8,13-14H,4-7,10-11H2. The molecule has 1 aromatic rings. The fourth-order valence-electron chi connectivity index (χ4n) is 2.65. The van der Waals surface area contributed by atoms with Gasteiger partial charge in [0, 0.05) is 19.2 Å². The maximum absolute atomic E-state index is 12.8. The first-order valence-electron chi connectivity index (χ1n) is 7.21. The van der Waals surface area contributed by atoms with Gasteiger partial charge in [-0.1, -0.05) is 6.07 Å². The summed E-state index contributed by atoms with van der Waals surface area (Å²) in [7, 11) is -3.53. The summed E-state index contributed by atoms with van der Waals surface area (Å²) in [5.74, 6) is 0.277. The van der Waals surface area contributed by atoms with Crippen molar-refractivity contribution in [2.75, 3.05) is 19.8 Å². The van der Waals surface area contributed by atoms with E-state index in [0.29, 0.717) is 25.3 Å². The number of sulfonamides is 1. The lowest BCUT2D eigenvalue weighted by molar-refractivity contribution is 0.180. The third kappa shape index (κ3) is 3.10. The number of benzene rings is 1. The molecule has 1 heterocycles. The average molecular weight is 306 g/mol. The molecule has 6 heteroatoms. The lowest BCUT2D eigenvalue weighted by Gasteiger charge is -2.24. The van der Waals surface area contributed by atoms with Gasteiger partial charge in [0.2, 0.25) is 10.0 Å². The van der Waals surface area contributed by atoms with Crippen LogP contribution >= 0.6 is 0 Å². The van der Waals surface area contributed by atoms with Crippen LogP contribution in [0.15, 0.2) is 29.2 Å².